The van der Waals surface area contributed by atoms with Crippen LogP contribution in [-0.2, 0) is 6.42 Å². The van der Waals surface area contributed by atoms with Gasteiger partial charge in [0.25, 0.3) is 5.91 Å². The number of hydrogen-bond donors (Lipinski definition) is 0. The Kier molecular flexibility index (Phi) is 5.03. The monoisotopic (exact) mass is 333 g/mol. The zero-order valence-electron chi connectivity index (χ0n) is 13.2. The molecule has 0 saturated carbocycles. The van der Waals surface area contributed by atoms with Crippen LogP contribution in [0.1, 0.15) is 21.6 Å². The molecule has 0 aliphatic carbocycles. The Balaban J connectivity index is 1.48. The highest BCUT2D eigenvalue weighted by Gasteiger charge is 2.23. The molecule has 0 bridgehead atoms. The van der Waals surface area contributed by atoms with Gasteiger partial charge in [-0.3, -0.25) is 9.69 Å². The highest BCUT2D eigenvalue weighted by atomic mass is 32.1. The van der Waals surface area contributed by atoms with E-state index in [1.807, 2.05) is 29.3 Å². The third-order valence-corrected chi connectivity index (χ3v) is 4.99. The SMILES string of the molecule is Cc1nscc1C(=O)N1CCN(CCc2ccc(F)cc2)CC1. The van der Waals surface area contributed by atoms with Crippen LogP contribution in [0.25, 0.3) is 0 Å². The molecule has 0 N–H and O–H groups in total. The molecule has 3 rings (SSSR count). The maximum Gasteiger partial charge on any atom is 0.256 e. The van der Waals surface area contributed by atoms with Crippen molar-refractivity contribution in [1.29, 1.82) is 0 Å². The number of nitrogens with zero attached hydrogens (tertiary/aromatic N) is 3. The summed E-state index contributed by atoms with van der Waals surface area (Å²) in [7, 11) is 0. The number of carbonyl (C=O) groups excluding carboxylic acids is 1. The van der Waals surface area contributed by atoms with Gasteiger partial charge < -0.3 is 4.90 Å². The maximum atomic E-state index is 12.9. The van der Waals surface area contributed by atoms with Crippen molar-refractivity contribution in [2.24, 2.45) is 0 Å². The van der Waals surface area contributed by atoms with E-state index in [-0.39, 0.29) is 11.7 Å². The number of piperazine rings is 1. The standard InChI is InChI=1S/C17H20FN3OS/c1-13-16(12-23-19-13)17(22)21-10-8-20(9-11-21)7-6-14-2-4-15(18)5-3-14/h2-5,12H,6-11H2,1H3. The van der Waals surface area contributed by atoms with E-state index in [1.54, 1.807) is 0 Å². The molecule has 0 radical (unpaired) electrons. The first-order valence-corrected chi connectivity index (χ1v) is 8.64. The molecule has 1 amide bonds. The van der Waals surface area contributed by atoms with Crippen molar-refractivity contribution in [3.05, 3.63) is 52.3 Å². The lowest BCUT2D eigenvalue weighted by Crippen LogP contribution is -2.49. The molecule has 2 aromatic rings. The number of aryl methyl sites for hydroxylation is 1. The quantitative estimate of drug-likeness (QED) is 0.863. The average Bonchev–Trinajstić information content (AvgIpc) is 3.00. The molecule has 1 saturated heterocycles. The largest absolute Gasteiger partial charge is 0.336 e. The van der Waals surface area contributed by atoms with Crippen LogP contribution in [0.4, 0.5) is 4.39 Å². The lowest BCUT2D eigenvalue weighted by Gasteiger charge is -2.34. The molecular formula is C17H20FN3OS. The van der Waals surface area contributed by atoms with Crippen LogP contribution in [0.15, 0.2) is 29.6 Å². The minimum absolute atomic E-state index is 0.0921. The lowest BCUT2D eigenvalue weighted by atomic mass is 10.1. The van der Waals surface area contributed by atoms with Gasteiger partial charge in [0.1, 0.15) is 5.82 Å². The Morgan fingerprint density at radius 2 is 1.91 bits per heavy atom. The van der Waals surface area contributed by atoms with Crippen LogP contribution < -0.4 is 0 Å². The van der Waals surface area contributed by atoms with Crippen molar-refractivity contribution in [2.75, 3.05) is 32.7 Å². The van der Waals surface area contributed by atoms with Gasteiger partial charge in [0.15, 0.2) is 0 Å². The summed E-state index contributed by atoms with van der Waals surface area (Å²) in [5.74, 6) is -0.103. The second kappa shape index (κ2) is 7.19. The number of carbonyl (C=O) groups is 1. The van der Waals surface area contributed by atoms with Gasteiger partial charge in [-0.15, -0.1) is 0 Å². The molecule has 1 aliphatic rings. The maximum absolute atomic E-state index is 12.9. The van der Waals surface area contributed by atoms with Crippen LogP contribution in [0.2, 0.25) is 0 Å². The van der Waals surface area contributed by atoms with Crippen molar-refractivity contribution in [1.82, 2.24) is 14.2 Å². The Bertz CT molecular complexity index is 663. The molecule has 0 atom stereocenters. The molecule has 2 heterocycles. The molecule has 1 aromatic carbocycles. The highest BCUT2D eigenvalue weighted by molar-refractivity contribution is 7.03. The number of aromatic nitrogens is 1. The number of hydrogen-bond acceptors (Lipinski definition) is 4. The summed E-state index contributed by atoms with van der Waals surface area (Å²) in [4.78, 5) is 16.7. The van der Waals surface area contributed by atoms with Gasteiger partial charge in [0, 0.05) is 38.1 Å². The van der Waals surface area contributed by atoms with Gasteiger partial charge in [0.05, 0.1) is 11.3 Å². The third-order valence-electron chi connectivity index (χ3n) is 4.27. The fourth-order valence-electron chi connectivity index (χ4n) is 2.78. The summed E-state index contributed by atoms with van der Waals surface area (Å²) in [6.07, 6.45) is 0.905. The average molecular weight is 333 g/mol. The fourth-order valence-corrected chi connectivity index (χ4v) is 3.47. The fraction of sp³-hybridized carbons (Fsp3) is 0.412. The van der Waals surface area contributed by atoms with Gasteiger partial charge in [-0.2, -0.15) is 4.37 Å². The topological polar surface area (TPSA) is 36.4 Å². The van der Waals surface area contributed by atoms with Crippen LogP contribution in [0.5, 0.6) is 0 Å². The summed E-state index contributed by atoms with van der Waals surface area (Å²) in [6, 6.07) is 6.68. The Morgan fingerprint density at radius 3 is 2.52 bits per heavy atom. The Morgan fingerprint density at radius 1 is 1.22 bits per heavy atom. The number of rotatable bonds is 4. The second-order valence-electron chi connectivity index (χ2n) is 5.82. The Labute approximate surface area is 139 Å². The first-order chi connectivity index (χ1) is 11.1. The minimum atomic E-state index is -0.195. The van der Waals surface area contributed by atoms with Crippen LogP contribution >= 0.6 is 11.5 Å². The van der Waals surface area contributed by atoms with Crippen LogP contribution in [0.3, 0.4) is 0 Å². The van der Waals surface area contributed by atoms with E-state index < -0.39 is 0 Å². The van der Waals surface area contributed by atoms with Crippen molar-refractivity contribution >= 4 is 17.4 Å². The van der Waals surface area contributed by atoms with Crippen LogP contribution in [0, 0.1) is 12.7 Å². The summed E-state index contributed by atoms with van der Waals surface area (Å²) in [5, 5.41) is 1.83. The zero-order valence-corrected chi connectivity index (χ0v) is 14.0. The van der Waals surface area contributed by atoms with Crippen molar-refractivity contribution in [2.45, 2.75) is 13.3 Å². The van der Waals surface area contributed by atoms with Gasteiger partial charge >= 0.3 is 0 Å². The summed E-state index contributed by atoms with van der Waals surface area (Å²) >= 11 is 1.33. The Hall–Kier alpha value is -1.79. The predicted molar refractivity (Wildman–Crippen MR) is 89.3 cm³/mol. The normalized spacial score (nSPS) is 15.8. The summed E-state index contributed by atoms with van der Waals surface area (Å²) in [6.45, 7) is 6.07. The highest BCUT2D eigenvalue weighted by Crippen LogP contribution is 2.14. The smallest absolute Gasteiger partial charge is 0.256 e. The molecule has 122 valence electrons. The van der Waals surface area contributed by atoms with E-state index in [9.17, 15) is 9.18 Å². The molecular weight excluding hydrogens is 313 g/mol. The predicted octanol–water partition coefficient (Wildman–Crippen LogP) is 2.59. The second-order valence-corrected chi connectivity index (χ2v) is 6.45. The van der Waals surface area contributed by atoms with Gasteiger partial charge in [-0.05, 0) is 42.6 Å². The number of benzene rings is 1. The van der Waals surface area contributed by atoms with Crippen molar-refractivity contribution in [3.8, 4) is 0 Å². The van der Waals surface area contributed by atoms with Gasteiger partial charge in [-0.25, -0.2) is 4.39 Å². The lowest BCUT2D eigenvalue weighted by molar-refractivity contribution is 0.0638. The third kappa shape index (κ3) is 3.95. The van der Waals surface area contributed by atoms with E-state index in [1.165, 1.54) is 23.7 Å². The molecule has 23 heavy (non-hydrogen) atoms. The zero-order chi connectivity index (χ0) is 16.2. The summed E-state index contributed by atoms with van der Waals surface area (Å²) < 4.78 is 17.1. The first kappa shape index (κ1) is 16.1. The van der Waals surface area contributed by atoms with E-state index >= 15 is 0 Å². The minimum Gasteiger partial charge on any atom is -0.336 e. The molecule has 1 aromatic heterocycles. The van der Waals surface area contributed by atoms with E-state index in [2.05, 4.69) is 9.27 Å². The van der Waals surface area contributed by atoms with E-state index in [0.717, 1.165) is 56.0 Å². The molecule has 1 aliphatic heterocycles. The van der Waals surface area contributed by atoms with Crippen molar-refractivity contribution in [3.63, 3.8) is 0 Å². The number of halogens is 1. The molecule has 0 spiro atoms. The first-order valence-electron chi connectivity index (χ1n) is 7.80. The molecule has 1 fully saturated rings. The van der Waals surface area contributed by atoms with Gasteiger partial charge in [0.2, 0.25) is 0 Å². The van der Waals surface area contributed by atoms with Crippen molar-refractivity contribution < 1.29 is 9.18 Å². The van der Waals surface area contributed by atoms with Crippen LogP contribution in [-0.4, -0.2) is 52.8 Å². The van der Waals surface area contributed by atoms with Gasteiger partial charge in [-0.1, -0.05) is 12.1 Å². The molecule has 6 heteroatoms. The molecule has 0 unspecified atom stereocenters. The van der Waals surface area contributed by atoms with E-state index in [4.69, 9.17) is 0 Å². The summed E-state index contributed by atoms with van der Waals surface area (Å²) in [5.41, 5.74) is 2.69. The number of amides is 1. The molecule has 4 nitrogen and oxygen atoms in total. The van der Waals surface area contributed by atoms with E-state index in [0.29, 0.717) is 0 Å².